The number of rotatable bonds is 7. The minimum Gasteiger partial charge on any atom is -0.493 e. The summed E-state index contributed by atoms with van der Waals surface area (Å²) < 4.78 is 11.6. The smallest absolute Gasteiger partial charge is 0.166 e. The van der Waals surface area contributed by atoms with Gasteiger partial charge >= 0.3 is 0 Å². The van der Waals surface area contributed by atoms with Crippen molar-refractivity contribution in [2.24, 2.45) is 0 Å². The van der Waals surface area contributed by atoms with E-state index in [-0.39, 0.29) is 6.10 Å². The quantitative estimate of drug-likeness (QED) is 0.600. The van der Waals surface area contributed by atoms with Gasteiger partial charge in [-0.3, -0.25) is 0 Å². The molecule has 21 heavy (non-hydrogen) atoms. The number of hydrogen-bond donors (Lipinski definition) is 1. The van der Waals surface area contributed by atoms with Gasteiger partial charge in [0.25, 0.3) is 0 Å². The van der Waals surface area contributed by atoms with Gasteiger partial charge in [-0.15, -0.1) is 0 Å². The van der Waals surface area contributed by atoms with Gasteiger partial charge in [0.15, 0.2) is 11.5 Å². The molecule has 0 bridgehead atoms. The Morgan fingerprint density at radius 3 is 2.90 bits per heavy atom. The highest BCUT2D eigenvalue weighted by molar-refractivity contribution is 6.30. The van der Waals surface area contributed by atoms with Crippen molar-refractivity contribution >= 4 is 11.6 Å². The summed E-state index contributed by atoms with van der Waals surface area (Å²) in [5, 5.41) is 4.07. The third kappa shape index (κ3) is 4.65. The maximum absolute atomic E-state index is 6.18. The van der Waals surface area contributed by atoms with Crippen LogP contribution in [0.15, 0.2) is 24.3 Å². The number of allylic oxidation sites excluding steroid dienone is 1. The topological polar surface area (TPSA) is 30.5 Å². The van der Waals surface area contributed by atoms with E-state index >= 15 is 0 Å². The Hall–Kier alpha value is -1.19. The van der Waals surface area contributed by atoms with Gasteiger partial charge in [0.1, 0.15) is 6.10 Å². The fraction of sp³-hybridized carbons (Fsp3) is 0.529. The third-order valence-electron chi connectivity index (χ3n) is 3.54. The van der Waals surface area contributed by atoms with Crippen molar-refractivity contribution in [2.45, 2.75) is 45.3 Å². The predicted molar refractivity (Wildman–Crippen MR) is 87.4 cm³/mol. The first-order valence-corrected chi connectivity index (χ1v) is 8.02. The summed E-state index contributed by atoms with van der Waals surface area (Å²) in [6, 6.07) is 3.77. The normalized spacial score (nSPS) is 17.8. The molecule has 1 N–H and O–H groups in total. The number of methoxy groups -OCH3 is 1. The molecule has 2 rings (SSSR count). The van der Waals surface area contributed by atoms with Gasteiger partial charge in [0.05, 0.1) is 7.11 Å². The van der Waals surface area contributed by atoms with Crippen LogP contribution < -0.4 is 14.8 Å². The number of halogens is 1. The molecule has 0 heterocycles. The van der Waals surface area contributed by atoms with E-state index < -0.39 is 0 Å². The van der Waals surface area contributed by atoms with E-state index in [2.05, 4.69) is 24.4 Å². The van der Waals surface area contributed by atoms with Gasteiger partial charge in [-0.25, -0.2) is 0 Å². The van der Waals surface area contributed by atoms with E-state index in [4.69, 9.17) is 21.1 Å². The number of nitrogens with one attached hydrogen (secondary N) is 1. The first-order valence-electron chi connectivity index (χ1n) is 7.65. The zero-order chi connectivity index (χ0) is 15.1. The van der Waals surface area contributed by atoms with Crippen LogP contribution in [0, 0.1) is 0 Å². The van der Waals surface area contributed by atoms with Crippen LogP contribution in [-0.4, -0.2) is 19.8 Å². The van der Waals surface area contributed by atoms with Crippen LogP contribution >= 0.6 is 11.6 Å². The summed E-state index contributed by atoms with van der Waals surface area (Å²) in [6.45, 7) is 3.85. The first-order chi connectivity index (χ1) is 10.2. The second-order valence-corrected chi connectivity index (χ2v) is 5.72. The SMILES string of the molecule is CCCNCc1cc(Cl)cc(OC)c1OC1C=CCCC1. The third-order valence-corrected chi connectivity index (χ3v) is 3.76. The van der Waals surface area contributed by atoms with E-state index in [1.807, 2.05) is 12.1 Å². The molecular formula is C17H24ClNO2. The predicted octanol–water partition coefficient (Wildman–Crippen LogP) is 4.34. The van der Waals surface area contributed by atoms with Crippen molar-refractivity contribution < 1.29 is 9.47 Å². The average molecular weight is 310 g/mol. The van der Waals surface area contributed by atoms with Crippen LogP contribution in [0.3, 0.4) is 0 Å². The molecule has 0 saturated heterocycles. The Morgan fingerprint density at radius 2 is 2.24 bits per heavy atom. The van der Waals surface area contributed by atoms with Gasteiger partial charge in [-0.05, 0) is 44.4 Å². The Balaban J connectivity index is 2.21. The molecule has 0 aromatic heterocycles. The van der Waals surface area contributed by atoms with Crippen molar-refractivity contribution in [3.8, 4) is 11.5 Å². The summed E-state index contributed by atoms with van der Waals surface area (Å²) >= 11 is 6.18. The van der Waals surface area contributed by atoms with Gasteiger partial charge in [-0.1, -0.05) is 24.6 Å². The fourth-order valence-corrected chi connectivity index (χ4v) is 2.70. The molecule has 1 aliphatic carbocycles. The number of ether oxygens (including phenoxy) is 2. The Kier molecular flexibility index (Phi) is 6.40. The molecule has 0 spiro atoms. The van der Waals surface area contributed by atoms with Crippen LogP contribution in [0.5, 0.6) is 11.5 Å². The highest BCUT2D eigenvalue weighted by atomic mass is 35.5. The second-order valence-electron chi connectivity index (χ2n) is 5.29. The highest BCUT2D eigenvalue weighted by Crippen LogP contribution is 2.36. The summed E-state index contributed by atoms with van der Waals surface area (Å²) in [6.07, 6.45) is 8.90. The molecule has 0 saturated carbocycles. The van der Waals surface area contributed by atoms with Crippen LogP contribution in [0.2, 0.25) is 5.02 Å². The second kappa shape index (κ2) is 8.30. The molecule has 0 fully saturated rings. The monoisotopic (exact) mass is 309 g/mol. The minimum atomic E-state index is 0.124. The van der Waals surface area contributed by atoms with Crippen molar-refractivity contribution in [3.05, 3.63) is 34.9 Å². The maximum atomic E-state index is 6.18. The van der Waals surface area contributed by atoms with Gasteiger partial charge < -0.3 is 14.8 Å². The Bertz CT molecular complexity index is 488. The first kappa shape index (κ1) is 16.2. The molecule has 1 aromatic rings. The lowest BCUT2D eigenvalue weighted by atomic mass is 10.1. The summed E-state index contributed by atoms with van der Waals surface area (Å²) in [4.78, 5) is 0. The highest BCUT2D eigenvalue weighted by Gasteiger charge is 2.17. The molecule has 116 valence electrons. The van der Waals surface area contributed by atoms with Gasteiger partial charge in [0, 0.05) is 23.2 Å². The summed E-state index contributed by atoms with van der Waals surface area (Å²) in [5.74, 6) is 1.51. The molecule has 0 aliphatic heterocycles. The maximum Gasteiger partial charge on any atom is 0.166 e. The van der Waals surface area contributed by atoms with E-state index in [0.717, 1.165) is 43.7 Å². The molecular weight excluding hydrogens is 286 g/mol. The van der Waals surface area contributed by atoms with Crippen LogP contribution in [-0.2, 0) is 6.54 Å². The van der Waals surface area contributed by atoms with E-state index in [1.54, 1.807) is 7.11 Å². The van der Waals surface area contributed by atoms with Crippen molar-refractivity contribution in [1.82, 2.24) is 5.32 Å². The lowest BCUT2D eigenvalue weighted by Crippen LogP contribution is -2.19. The molecule has 1 unspecified atom stereocenters. The zero-order valence-corrected chi connectivity index (χ0v) is 13.6. The van der Waals surface area contributed by atoms with Crippen molar-refractivity contribution in [1.29, 1.82) is 0 Å². The van der Waals surface area contributed by atoms with Crippen molar-refractivity contribution in [3.63, 3.8) is 0 Å². The van der Waals surface area contributed by atoms with E-state index in [1.165, 1.54) is 6.42 Å². The molecule has 0 radical (unpaired) electrons. The van der Waals surface area contributed by atoms with Crippen LogP contribution in [0.1, 0.15) is 38.2 Å². The molecule has 1 aromatic carbocycles. The molecule has 3 nitrogen and oxygen atoms in total. The molecule has 1 aliphatic rings. The lowest BCUT2D eigenvalue weighted by molar-refractivity contribution is 0.217. The molecule has 0 amide bonds. The standard InChI is InChI=1S/C17H24ClNO2/c1-3-9-19-12-13-10-14(18)11-16(20-2)17(13)21-15-7-5-4-6-8-15/h5,7,10-11,15,19H,3-4,6,8-9,12H2,1-2H3. The van der Waals surface area contributed by atoms with Crippen molar-refractivity contribution in [2.75, 3.05) is 13.7 Å². The van der Waals surface area contributed by atoms with Crippen LogP contribution in [0.4, 0.5) is 0 Å². The summed E-state index contributed by atoms with van der Waals surface area (Å²) in [7, 11) is 1.65. The Morgan fingerprint density at radius 1 is 1.38 bits per heavy atom. The Labute approximate surface area is 132 Å². The van der Waals surface area contributed by atoms with E-state index in [9.17, 15) is 0 Å². The van der Waals surface area contributed by atoms with E-state index in [0.29, 0.717) is 10.8 Å². The van der Waals surface area contributed by atoms with Crippen LogP contribution in [0.25, 0.3) is 0 Å². The largest absolute Gasteiger partial charge is 0.493 e. The fourth-order valence-electron chi connectivity index (χ4n) is 2.47. The van der Waals surface area contributed by atoms with Gasteiger partial charge in [0.2, 0.25) is 0 Å². The molecule has 4 heteroatoms. The number of benzene rings is 1. The van der Waals surface area contributed by atoms with Gasteiger partial charge in [-0.2, -0.15) is 0 Å². The zero-order valence-electron chi connectivity index (χ0n) is 12.8. The molecule has 1 atom stereocenters. The average Bonchev–Trinajstić information content (AvgIpc) is 2.50. The number of hydrogen-bond acceptors (Lipinski definition) is 3. The minimum absolute atomic E-state index is 0.124. The summed E-state index contributed by atoms with van der Waals surface area (Å²) in [5.41, 5.74) is 1.05. The lowest BCUT2D eigenvalue weighted by Gasteiger charge is -2.22.